The molecule has 0 fully saturated rings. The molecule has 4 N–H and O–H groups in total. The van der Waals surface area contributed by atoms with Gasteiger partial charge in [0.1, 0.15) is 0 Å². The summed E-state index contributed by atoms with van der Waals surface area (Å²) >= 11 is 0. The van der Waals surface area contributed by atoms with Gasteiger partial charge in [-0.25, -0.2) is 5.84 Å². The number of aromatic nitrogens is 2. The molecule has 6 heteroatoms. The monoisotopic (exact) mass is 286 g/mol. The van der Waals surface area contributed by atoms with E-state index in [2.05, 4.69) is 0 Å². The second-order valence-corrected chi connectivity index (χ2v) is 3.81. The number of nitrogens with zero attached hydrogens (tertiary/aromatic N) is 2. The molecule has 4 nitrogen and oxygen atoms in total. The molecule has 98 valence electrons. The van der Waals surface area contributed by atoms with Gasteiger partial charge in [0.2, 0.25) is 6.17 Å². The number of halogens is 2. The Kier molecular flexibility index (Phi) is 6.62. The van der Waals surface area contributed by atoms with Crippen LogP contribution in [0, 0.1) is 0 Å². The van der Waals surface area contributed by atoms with Gasteiger partial charge in [-0.05, 0) is 11.1 Å². The van der Waals surface area contributed by atoms with Crippen molar-refractivity contribution in [3.05, 3.63) is 49.1 Å². The van der Waals surface area contributed by atoms with Gasteiger partial charge in [-0.1, -0.05) is 4.68 Å². The molecule has 1 unspecified atom stereocenters. The molecule has 0 aromatic carbocycles. The number of nitrogens with two attached hydrogens (primary N) is 2. The molecule has 0 spiro atoms. The lowest BCUT2D eigenvalue weighted by Gasteiger charge is -2.02. The Labute approximate surface area is 119 Å². The molecule has 0 saturated heterocycles. The van der Waals surface area contributed by atoms with Crippen LogP contribution >= 0.6 is 0 Å². The second kappa shape index (κ2) is 7.16. The zero-order valence-corrected chi connectivity index (χ0v) is 11.5. The smallest absolute Gasteiger partial charge is 0.206 e. The number of pyridine rings is 2. The zero-order chi connectivity index (χ0) is 11.5. The van der Waals surface area contributed by atoms with Crippen molar-refractivity contribution in [2.24, 2.45) is 5.73 Å². The van der Waals surface area contributed by atoms with Crippen LogP contribution in [0.25, 0.3) is 11.1 Å². The highest BCUT2D eigenvalue weighted by Crippen LogP contribution is 2.15. The van der Waals surface area contributed by atoms with E-state index in [9.17, 15) is 0 Å². The normalized spacial score (nSPS) is 11.0. The highest BCUT2D eigenvalue weighted by atomic mass is 35.5. The topological polar surface area (TPSA) is 59.8 Å². The Morgan fingerprint density at radius 2 is 1.28 bits per heavy atom. The van der Waals surface area contributed by atoms with Gasteiger partial charge in [0, 0.05) is 31.2 Å². The molecule has 18 heavy (non-hydrogen) atoms. The van der Waals surface area contributed by atoms with Gasteiger partial charge < -0.3 is 24.8 Å². The zero-order valence-electron chi connectivity index (χ0n) is 10.0. The van der Waals surface area contributed by atoms with E-state index in [1.165, 1.54) is 4.68 Å². The van der Waals surface area contributed by atoms with Gasteiger partial charge in [0.05, 0.1) is 0 Å². The maximum atomic E-state index is 5.77. The molecule has 2 heterocycles. The molecular weight excluding hydrogens is 271 g/mol. The summed E-state index contributed by atoms with van der Waals surface area (Å²) in [5.41, 5.74) is 8.05. The fraction of sp³-hybridized carbons (Fsp3) is 0.167. The molecule has 0 amide bonds. The maximum absolute atomic E-state index is 5.77. The Morgan fingerprint density at radius 3 is 1.67 bits per heavy atom. The van der Waals surface area contributed by atoms with Gasteiger partial charge in [-0.3, -0.25) is 5.73 Å². The van der Waals surface area contributed by atoms with Gasteiger partial charge >= 0.3 is 0 Å². The van der Waals surface area contributed by atoms with Crippen molar-refractivity contribution >= 4 is 0 Å². The molecule has 0 aliphatic rings. The van der Waals surface area contributed by atoms with Crippen molar-refractivity contribution < 1.29 is 34.1 Å². The third-order valence-corrected chi connectivity index (χ3v) is 2.51. The van der Waals surface area contributed by atoms with E-state index >= 15 is 0 Å². The van der Waals surface area contributed by atoms with Crippen LogP contribution in [0.3, 0.4) is 0 Å². The standard InChI is InChI=1S/C12H15N4.2ClH/c1-10(13)15-6-2-11(3-7-15)12-4-8-16(14)9-5-12;;/h2-10,14H,13H2,1H3;2*1H/q+1;;/p-1. The number of rotatable bonds is 2. The third-order valence-electron chi connectivity index (χ3n) is 2.51. The van der Waals surface area contributed by atoms with Crippen LogP contribution in [0.5, 0.6) is 0 Å². The summed E-state index contributed by atoms with van der Waals surface area (Å²) in [6.45, 7) is 1.94. The first kappa shape index (κ1) is 16.6. The molecule has 0 bridgehead atoms. The molecule has 2 aromatic rings. The predicted molar refractivity (Wildman–Crippen MR) is 61.3 cm³/mol. The first-order chi connectivity index (χ1) is 7.66. The molecule has 1 atom stereocenters. The fourth-order valence-corrected chi connectivity index (χ4v) is 1.53. The summed E-state index contributed by atoms with van der Waals surface area (Å²) < 4.78 is 3.48. The largest absolute Gasteiger partial charge is 1.00 e. The SMILES string of the molecule is CC(N)[n+]1ccc(-c2cc[n+](N)cc2)cc1.[Cl-].[Cl-]. The van der Waals surface area contributed by atoms with Crippen molar-refractivity contribution in [1.29, 1.82) is 0 Å². The number of hydrogen-bond acceptors (Lipinski definition) is 2. The van der Waals surface area contributed by atoms with E-state index in [1.54, 1.807) is 0 Å². The van der Waals surface area contributed by atoms with Crippen molar-refractivity contribution in [2.45, 2.75) is 13.1 Å². The molecule has 0 saturated carbocycles. The molecule has 2 rings (SSSR count). The molecular formula is C12H16Cl2N4. The van der Waals surface area contributed by atoms with Gasteiger partial charge in [0.15, 0.2) is 24.8 Å². The minimum Gasteiger partial charge on any atom is -1.00 e. The highest BCUT2D eigenvalue weighted by molar-refractivity contribution is 5.60. The van der Waals surface area contributed by atoms with Crippen molar-refractivity contribution in [1.82, 2.24) is 0 Å². The Bertz CT molecular complexity index is 468. The number of nitrogen functional groups attached to an aromatic ring is 1. The van der Waals surface area contributed by atoms with Crippen LogP contribution in [0.4, 0.5) is 0 Å². The molecule has 0 radical (unpaired) electrons. The number of hydrogen-bond donors (Lipinski definition) is 2. The summed E-state index contributed by atoms with van der Waals surface area (Å²) in [5.74, 6) is 5.56. The van der Waals surface area contributed by atoms with Crippen molar-refractivity contribution in [2.75, 3.05) is 5.84 Å². The third kappa shape index (κ3) is 3.84. The summed E-state index contributed by atoms with van der Waals surface area (Å²) in [6, 6.07) is 8.04. The van der Waals surface area contributed by atoms with Crippen LogP contribution in [-0.2, 0) is 0 Å². The average molecular weight is 287 g/mol. The van der Waals surface area contributed by atoms with Crippen molar-refractivity contribution in [3.63, 3.8) is 0 Å². The first-order valence-corrected chi connectivity index (χ1v) is 5.20. The van der Waals surface area contributed by atoms with E-state index in [-0.39, 0.29) is 31.0 Å². The van der Waals surface area contributed by atoms with E-state index in [0.717, 1.165) is 11.1 Å². The average Bonchev–Trinajstić information content (AvgIpc) is 2.30. The summed E-state index contributed by atoms with van der Waals surface area (Å²) in [5, 5.41) is 0. The Balaban J connectivity index is 0.00000144. The minimum absolute atomic E-state index is 0. The molecule has 2 aromatic heterocycles. The van der Waals surface area contributed by atoms with Crippen LogP contribution < -0.4 is 45.6 Å². The lowest BCUT2D eigenvalue weighted by Crippen LogP contribution is -3.00. The van der Waals surface area contributed by atoms with Crippen LogP contribution in [0.15, 0.2) is 49.1 Å². The van der Waals surface area contributed by atoms with Gasteiger partial charge in [0.25, 0.3) is 0 Å². The van der Waals surface area contributed by atoms with E-state index in [1.807, 2.05) is 60.5 Å². The van der Waals surface area contributed by atoms with Gasteiger partial charge in [-0.15, -0.1) is 0 Å². The summed E-state index contributed by atoms with van der Waals surface area (Å²) in [6.07, 6.45) is 7.59. The van der Waals surface area contributed by atoms with Crippen LogP contribution in [0.2, 0.25) is 0 Å². The summed E-state index contributed by atoms with van der Waals surface area (Å²) in [7, 11) is 0. The first-order valence-electron chi connectivity index (χ1n) is 5.20. The minimum atomic E-state index is -0.00368. The fourth-order valence-electron chi connectivity index (χ4n) is 1.53. The van der Waals surface area contributed by atoms with Crippen LogP contribution in [-0.4, -0.2) is 0 Å². The molecule has 0 aliphatic carbocycles. The van der Waals surface area contributed by atoms with Gasteiger partial charge in [-0.2, -0.15) is 4.57 Å². The van der Waals surface area contributed by atoms with Crippen LogP contribution in [0.1, 0.15) is 13.1 Å². The highest BCUT2D eigenvalue weighted by Gasteiger charge is 2.06. The lowest BCUT2D eigenvalue weighted by atomic mass is 10.1. The van der Waals surface area contributed by atoms with E-state index in [0.29, 0.717) is 0 Å². The Morgan fingerprint density at radius 1 is 0.889 bits per heavy atom. The molecule has 0 aliphatic heterocycles. The van der Waals surface area contributed by atoms with E-state index < -0.39 is 0 Å². The second-order valence-electron chi connectivity index (χ2n) is 3.81. The lowest BCUT2D eigenvalue weighted by molar-refractivity contribution is -0.719. The quantitative estimate of drug-likeness (QED) is 0.427. The predicted octanol–water partition coefficient (Wildman–Crippen LogP) is -5.87. The van der Waals surface area contributed by atoms with Crippen molar-refractivity contribution in [3.8, 4) is 11.1 Å². The summed E-state index contributed by atoms with van der Waals surface area (Å²) in [4.78, 5) is 0. The van der Waals surface area contributed by atoms with E-state index in [4.69, 9.17) is 11.6 Å². The maximum Gasteiger partial charge on any atom is 0.206 e. The Hall–Kier alpha value is -1.36.